The number of ether oxygens (including phenoxy) is 1. The molecule has 1 atom stereocenters. The van der Waals surface area contributed by atoms with Crippen LogP contribution < -0.4 is 5.73 Å². The average molecular weight is 253 g/mol. The number of hydrogen-bond acceptors (Lipinski definition) is 3. The van der Waals surface area contributed by atoms with Gasteiger partial charge in [-0.1, -0.05) is 19.1 Å². The van der Waals surface area contributed by atoms with Crippen LogP contribution in [0.15, 0.2) is 23.1 Å². The van der Waals surface area contributed by atoms with E-state index in [0.717, 1.165) is 25.2 Å². The molecule has 0 radical (unpaired) electrons. The number of thioether (sulfide) groups is 1. The van der Waals surface area contributed by atoms with Crippen molar-refractivity contribution in [3.05, 3.63) is 29.3 Å². The lowest BCUT2D eigenvalue weighted by atomic mass is 10.0. The summed E-state index contributed by atoms with van der Waals surface area (Å²) in [5.74, 6) is 1.01. The van der Waals surface area contributed by atoms with Crippen molar-refractivity contribution in [3.8, 4) is 0 Å². The van der Waals surface area contributed by atoms with Crippen molar-refractivity contribution in [2.75, 3.05) is 19.5 Å². The van der Waals surface area contributed by atoms with Crippen LogP contribution in [0.5, 0.6) is 0 Å². The third kappa shape index (κ3) is 5.11. The Balaban J connectivity index is 2.59. The number of nitrogens with two attached hydrogens (primary N) is 1. The van der Waals surface area contributed by atoms with E-state index in [1.54, 1.807) is 7.11 Å². The molecule has 0 saturated heterocycles. The largest absolute Gasteiger partial charge is 0.384 e. The molecule has 2 nitrogen and oxygen atoms in total. The third-order valence-electron chi connectivity index (χ3n) is 2.81. The molecule has 3 heteroatoms. The minimum Gasteiger partial charge on any atom is -0.384 e. The number of methoxy groups -OCH3 is 1. The first-order valence-corrected chi connectivity index (χ1v) is 7.12. The second kappa shape index (κ2) is 7.75. The number of benzene rings is 1. The Bertz CT molecular complexity index is 341. The van der Waals surface area contributed by atoms with Gasteiger partial charge in [-0.05, 0) is 37.0 Å². The van der Waals surface area contributed by atoms with Crippen LogP contribution in [0.25, 0.3) is 0 Å². The van der Waals surface area contributed by atoms with Gasteiger partial charge in [-0.15, -0.1) is 11.8 Å². The fourth-order valence-corrected chi connectivity index (χ4v) is 2.60. The molecule has 0 fully saturated rings. The summed E-state index contributed by atoms with van der Waals surface area (Å²) in [6, 6.07) is 6.93. The topological polar surface area (TPSA) is 35.2 Å². The molecule has 17 heavy (non-hydrogen) atoms. The van der Waals surface area contributed by atoms with Crippen molar-refractivity contribution < 1.29 is 4.74 Å². The summed E-state index contributed by atoms with van der Waals surface area (Å²) in [5.41, 5.74) is 8.65. The Morgan fingerprint density at radius 2 is 2.18 bits per heavy atom. The van der Waals surface area contributed by atoms with E-state index in [2.05, 4.69) is 32.0 Å². The van der Waals surface area contributed by atoms with Crippen LogP contribution in [0, 0.1) is 6.92 Å². The molecule has 0 bridgehead atoms. The molecule has 0 saturated carbocycles. The lowest BCUT2D eigenvalue weighted by Gasteiger charge is -2.11. The molecule has 0 aromatic heterocycles. The molecular weight excluding hydrogens is 230 g/mol. The van der Waals surface area contributed by atoms with Crippen molar-refractivity contribution in [1.82, 2.24) is 0 Å². The molecule has 0 amide bonds. The van der Waals surface area contributed by atoms with Gasteiger partial charge in [0.1, 0.15) is 0 Å². The first-order chi connectivity index (χ1) is 8.17. The van der Waals surface area contributed by atoms with E-state index in [0.29, 0.717) is 0 Å². The highest BCUT2D eigenvalue weighted by Gasteiger charge is 2.04. The lowest BCUT2D eigenvalue weighted by Crippen LogP contribution is -2.21. The van der Waals surface area contributed by atoms with E-state index < -0.39 is 0 Å². The maximum atomic E-state index is 5.97. The van der Waals surface area contributed by atoms with Crippen molar-refractivity contribution >= 4 is 11.8 Å². The van der Waals surface area contributed by atoms with Gasteiger partial charge in [-0.2, -0.15) is 0 Å². The highest BCUT2D eigenvalue weighted by Crippen LogP contribution is 2.23. The van der Waals surface area contributed by atoms with E-state index >= 15 is 0 Å². The predicted molar refractivity (Wildman–Crippen MR) is 75.7 cm³/mol. The van der Waals surface area contributed by atoms with Gasteiger partial charge < -0.3 is 10.5 Å². The highest BCUT2D eigenvalue weighted by molar-refractivity contribution is 7.99. The van der Waals surface area contributed by atoms with Gasteiger partial charge in [-0.3, -0.25) is 0 Å². The number of hydrogen-bond donors (Lipinski definition) is 1. The van der Waals surface area contributed by atoms with Gasteiger partial charge in [0, 0.05) is 23.8 Å². The fraction of sp³-hybridized carbons (Fsp3) is 0.571. The van der Waals surface area contributed by atoms with Crippen LogP contribution in [0.1, 0.15) is 24.5 Å². The minimum absolute atomic E-state index is 0.279. The summed E-state index contributed by atoms with van der Waals surface area (Å²) in [6.45, 7) is 5.09. The normalized spacial score (nSPS) is 12.7. The number of rotatable bonds is 7. The molecule has 1 rings (SSSR count). The van der Waals surface area contributed by atoms with E-state index in [1.807, 2.05) is 11.8 Å². The maximum absolute atomic E-state index is 5.97. The van der Waals surface area contributed by atoms with Crippen LogP contribution in [0.2, 0.25) is 0 Å². The summed E-state index contributed by atoms with van der Waals surface area (Å²) >= 11 is 1.85. The van der Waals surface area contributed by atoms with Gasteiger partial charge in [0.05, 0.1) is 6.61 Å². The molecular formula is C14H23NOS. The summed E-state index contributed by atoms with van der Waals surface area (Å²) in [6.07, 6.45) is 2.00. The Labute approximate surface area is 109 Å². The standard InChI is InChI=1S/C14H23NOS/c1-4-13(15)10-12-5-6-14(11(2)9-12)17-8-7-16-3/h5-6,9,13H,4,7-8,10,15H2,1-3H3. The molecule has 96 valence electrons. The second-order valence-electron chi connectivity index (χ2n) is 4.31. The van der Waals surface area contributed by atoms with Crippen molar-refractivity contribution in [2.45, 2.75) is 37.6 Å². The van der Waals surface area contributed by atoms with Crippen LogP contribution >= 0.6 is 11.8 Å². The molecule has 1 aromatic carbocycles. The Kier molecular flexibility index (Phi) is 6.63. The fourth-order valence-electron chi connectivity index (χ4n) is 1.68. The Morgan fingerprint density at radius 1 is 1.41 bits per heavy atom. The summed E-state index contributed by atoms with van der Waals surface area (Å²) in [4.78, 5) is 1.34. The molecule has 0 aliphatic heterocycles. The third-order valence-corrected chi connectivity index (χ3v) is 3.95. The highest BCUT2D eigenvalue weighted by atomic mass is 32.2. The maximum Gasteiger partial charge on any atom is 0.0556 e. The van der Waals surface area contributed by atoms with E-state index in [1.165, 1.54) is 16.0 Å². The van der Waals surface area contributed by atoms with Crippen molar-refractivity contribution in [2.24, 2.45) is 5.73 Å². The first-order valence-electron chi connectivity index (χ1n) is 6.14. The van der Waals surface area contributed by atoms with Gasteiger partial charge >= 0.3 is 0 Å². The zero-order valence-electron chi connectivity index (χ0n) is 11.0. The molecule has 1 unspecified atom stereocenters. The number of aryl methyl sites for hydroxylation is 1. The van der Waals surface area contributed by atoms with Crippen molar-refractivity contribution in [1.29, 1.82) is 0 Å². The Hall–Kier alpha value is -0.510. The SMILES string of the molecule is CCC(N)Cc1ccc(SCCOC)c(C)c1. The quantitative estimate of drug-likeness (QED) is 0.599. The van der Waals surface area contributed by atoms with Crippen LogP contribution in [-0.2, 0) is 11.2 Å². The zero-order valence-corrected chi connectivity index (χ0v) is 11.8. The average Bonchev–Trinajstić information content (AvgIpc) is 2.32. The second-order valence-corrected chi connectivity index (χ2v) is 5.45. The van der Waals surface area contributed by atoms with Gasteiger partial charge in [0.2, 0.25) is 0 Å². The van der Waals surface area contributed by atoms with Crippen LogP contribution in [-0.4, -0.2) is 25.5 Å². The molecule has 0 heterocycles. The summed E-state index contributed by atoms with van der Waals surface area (Å²) < 4.78 is 5.06. The van der Waals surface area contributed by atoms with E-state index in [4.69, 9.17) is 10.5 Å². The lowest BCUT2D eigenvalue weighted by molar-refractivity contribution is 0.218. The van der Waals surface area contributed by atoms with Gasteiger partial charge in [0.25, 0.3) is 0 Å². The molecule has 0 aliphatic carbocycles. The summed E-state index contributed by atoms with van der Waals surface area (Å²) in [5, 5.41) is 0. The monoisotopic (exact) mass is 253 g/mol. The minimum atomic E-state index is 0.279. The van der Waals surface area contributed by atoms with Crippen molar-refractivity contribution in [3.63, 3.8) is 0 Å². The molecule has 2 N–H and O–H groups in total. The molecule has 0 spiro atoms. The molecule has 1 aromatic rings. The predicted octanol–water partition coefficient (Wildman–Crippen LogP) is 3.01. The smallest absolute Gasteiger partial charge is 0.0556 e. The zero-order chi connectivity index (χ0) is 12.7. The van der Waals surface area contributed by atoms with E-state index in [9.17, 15) is 0 Å². The van der Waals surface area contributed by atoms with Gasteiger partial charge in [0.15, 0.2) is 0 Å². The Morgan fingerprint density at radius 3 is 2.76 bits per heavy atom. The van der Waals surface area contributed by atoms with E-state index in [-0.39, 0.29) is 6.04 Å². The van der Waals surface area contributed by atoms with Crippen LogP contribution in [0.4, 0.5) is 0 Å². The summed E-state index contributed by atoms with van der Waals surface area (Å²) in [7, 11) is 1.74. The molecule has 0 aliphatic rings. The van der Waals surface area contributed by atoms with Gasteiger partial charge in [-0.25, -0.2) is 0 Å². The first kappa shape index (κ1) is 14.6. The van der Waals surface area contributed by atoms with Crippen LogP contribution in [0.3, 0.4) is 0 Å².